The van der Waals surface area contributed by atoms with Crippen molar-refractivity contribution >= 4 is 38.3 Å². The highest BCUT2D eigenvalue weighted by molar-refractivity contribution is 7.92. The number of halogens is 1. The van der Waals surface area contributed by atoms with Crippen molar-refractivity contribution in [3.63, 3.8) is 0 Å². The maximum absolute atomic E-state index is 14.3. The molecule has 0 spiro atoms. The molecule has 7 nitrogen and oxygen atoms in total. The zero-order valence-corrected chi connectivity index (χ0v) is 19.5. The molecule has 33 heavy (non-hydrogen) atoms. The van der Waals surface area contributed by atoms with Crippen LogP contribution in [0.1, 0.15) is 12.5 Å². The summed E-state index contributed by atoms with van der Waals surface area (Å²) in [7, 11) is -2.43. The van der Waals surface area contributed by atoms with Gasteiger partial charge in [0.15, 0.2) is 0 Å². The number of nitrogens with one attached hydrogen (secondary N) is 1. The van der Waals surface area contributed by atoms with Crippen molar-refractivity contribution in [2.45, 2.75) is 19.5 Å². The number of anilines is 1. The van der Waals surface area contributed by atoms with Crippen molar-refractivity contribution in [3.05, 3.63) is 78.1 Å². The van der Waals surface area contributed by atoms with Crippen LogP contribution in [0, 0.1) is 5.82 Å². The van der Waals surface area contributed by atoms with Crippen LogP contribution in [0.4, 0.5) is 10.1 Å². The van der Waals surface area contributed by atoms with Gasteiger partial charge in [0, 0.05) is 24.5 Å². The number of carbonyl (C=O) groups excluding carboxylic acids is 2. The Morgan fingerprint density at radius 1 is 1.00 bits per heavy atom. The molecule has 3 aromatic carbocycles. The number of hydrogen-bond acceptors (Lipinski definition) is 4. The van der Waals surface area contributed by atoms with Crippen LogP contribution in [0.5, 0.6) is 0 Å². The molecule has 0 saturated carbocycles. The van der Waals surface area contributed by atoms with Gasteiger partial charge in [-0.15, -0.1) is 0 Å². The summed E-state index contributed by atoms with van der Waals surface area (Å²) in [5.41, 5.74) is 0.569. The smallest absolute Gasteiger partial charge is 0.244 e. The molecule has 0 aliphatic heterocycles. The third-order valence-corrected chi connectivity index (χ3v) is 6.55. The average Bonchev–Trinajstić information content (AvgIpc) is 2.80. The molecular formula is C24H26FN3O4S. The van der Waals surface area contributed by atoms with Crippen LogP contribution in [-0.4, -0.2) is 51.0 Å². The van der Waals surface area contributed by atoms with Crippen LogP contribution >= 0.6 is 0 Å². The molecule has 0 fully saturated rings. The maximum atomic E-state index is 14.3. The Bertz CT molecular complexity index is 1270. The second-order valence-corrected chi connectivity index (χ2v) is 9.58. The summed E-state index contributed by atoms with van der Waals surface area (Å²) in [6.45, 7) is 0.788. The van der Waals surface area contributed by atoms with E-state index < -0.39 is 40.2 Å². The SMILES string of the molecule is CNC(=O)[C@H](C)N(Cc1ccccc1F)C(=O)CN(c1cccc2ccccc12)S(C)(=O)=O. The first-order chi connectivity index (χ1) is 15.6. The van der Waals surface area contributed by atoms with Crippen LogP contribution in [-0.2, 0) is 26.2 Å². The predicted octanol–water partition coefficient (Wildman–Crippen LogP) is 2.91. The van der Waals surface area contributed by atoms with E-state index >= 15 is 0 Å². The number of benzene rings is 3. The van der Waals surface area contributed by atoms with E-state index in [2.05, 4.69) is 5.32 Å². The van der Waals surface area contributed by atoms with Gasteiger partial charge in [-0.3, -0.25) is 13.9 Å². The van der Waals surface area contributed by atoms with Gasteiger partial charge in [0.1, 0.15) is 18.4 Å². The van der Waals surface area contributed by atoms with Crippen LogP contribution < -0.4 is 9.62 Å². The quantitative estimate of drug-likeness (QED) is 0.547. The summed E-state index contributed by atoms with van der Waals surface area (Å²) in [5.74, 6) is -1.60. The highest BCUT2D eigenvalue weighted by Crippen LogP contribution is 2.28. The van der Waals surface area contributed by atoms with Gasteiger partial charge in [-0.2, -0.15) is 0 Å². The van der Waals surface area contributed by atoms with Gasteiger partial charge in [0.05, 0.1) is 11.9 Å². The first kappa shape index (κ1) is 24.2. The molecule has 0 unspecified atom stereocenters. The minimum Gasteiger partial charge on any atom is -0.357 e. The van der Waals surface area contributed by atoms with Crippen molar-refractivity contribution < 1.29 is 22.4 Å². The first-order valence-corrected chi connectivity index (χ1v) is 12.2. The molecule has 9 heteroatoms. The van der Waals surface area contributed by atoms with Gasteiger partial charge in [0.25, 0.3) is 0 Å². The van der Waals surface area contributed by atoms with Crippen LogP contribution in [0.2, 0.25) is 0 Å². The Balaban J connectivity index is 2.01. The lowest BCUT2D eigenvalue weighted by Crippen LogP contribution is -2.50. The van der Waals surface area contributed by atoms with E-state index in [-0.39, 0.29) is 12.1 Å². The van der Waals surface area contributed by atoms with E-state index in [0.717, 1.165) is 15.9 Å². The van der Waals surface area contributed by atoms with Gasteiger partial charge in [0.2, 0.25) is 21.8 Å². The summed E-state index contributed by atoms with van der Waals surface area (Å²) in [6, 6.07) is 17.4. The Hall–Kier alpha value is -3.46. The highest BCUT2D eigenvalue weighted by atomic mass is 32.2. The fourth-order valence-electron chi connectivity index (χ4n) is 3.62. The van der Waals surface area contributed by atoms with Crippen LogP contribution in [0.25, 0.3) is 10.8 Å². The number of likely N-dealkylation sites (N-methyl/N-ethyl adjacent to an activating group) is 1. The molecular weight excluding hydrogens is 445 g/mol. The van der Waals surface area contributed by atoms with Crippen LogP contribution in [0.15, 0.2) is 66.7 Å². The average molecular weight is 472 g/mol. The lowest BCUT2D eigenvalue weighted by Gasteiger charge is -2.31. The van der Waals surface area contributed by atoms with Gasteiger partial charge in [-0.05, 0) is 24.4 Å². The van der Waals surface area contributed by atoms with E-state index in [1.165, 1.54) is 37.1 Å². The molecule has 0 aromatic heterocycles. The van der Waals surface area contributed by atoms with Crippen molar-refractivity contribution in [1.82, 2.24) is 10.2 Å². The summed E-state index contributed by atoms with van der Waals surface area (Å²) in [6.07, 6.45) is 1.02. The number of rotatable bonds is 8. The molecule has 2 amide bonds. The first-order valence-electron chi connectivity index (χ1n) is 10.3. The third kappa shape index (κ3) is 5.48. The lowest BCUT2D eigenvalue weighted by molar-refractivity contribution is -0.139. The minimum absolute atomic E-state index is 0.187. The van der Waals surface area contributed by atoms with Crippen molar-refractivity contribution in [2.75, 3.05) is 24.2 Å². The maximum Gasteiger partial charge on any atom is 0.244 e. The second kappa shape index (κ2) is 9.99. The molecule has 0 radical (unpaired) electrons. The second-order valence-electron chi connectivity index (χ2n) is 7.67. The zero-order chi connectivity index (χ0) is 24.2. The van der Waals surface area contributed by atoms with Crippen molar-refractivity contribution in [1.29, 1.82) is 0 Å². The number of sulfonamides is 1. The molecule has 0 bridgehead atoms. The number of hydrogen-bond donors (Lipinski definition) is 1. The fourth-order valence-corrected chi connectivity index (χ4v) is 4.48. The zero-order valence-electron chi connectivity index (χ0n) is 18.7. The number of amides is 2. The fraction of sp³-hybridized carbons (Fsp3) is 0.250. The number of carbonyl (C=O) groups is 2. The van der Waals surface area contributed by atoms with Crippen molar-refractivity contribution in [3.8, 4) is 0 Å². The summed E-state index contributed by atoms with van der Waals surface area (Å²) in [5, 5.41) is 3.96. The summed E-state index contributed by atoms with van der Waals surface area (Å²) in [4.78, 5) is 26.9. The Kier molecular flexibility index (Phi) is 7.33. The topological polar surface area (TPSA) is 86.8 Å². The lowest BCUT2D eigenvalue weighted by atomic mass is 10.1. The molecule has 0 aliphatic carbocycles. The van der Waals surface area contributed by atoms with E-state index in [1.807, 2.05) is 18.2 Å². The molecule has 1 atom stereocenters. The molecule has 1 N–H and O–H groups in total. The molecule has 0 saturated heterocycles. The molecule has 174 valence electrons. The molecule has 0 heterocycles. The molecule has 0 aliphatic rings. The highest BCUT2D eigenvalue weighted by Gasteiger charge is 2.30. The van der Waals surface area contributed by atoms with Gasteiger partial charge >= 0.3 is 0 Å². The Morgan fingerprint density at radius 3 is 2.30 bits per heavy atom. The van der Waals surface area contributed by atoms with E-state index in [9.17, 15) is 22.4 Å². The van der Waals surface area contributed by atoms with E-state index in [1.54, 1.807) is 30.3 Å². The normalized spacial score (nSPS) is 12.2. The Morgan fingerprint density at radius 2 is 1.64 bits per heavy atom. The predicted molar refractivity (Wildman–Crippen MR) is 127 cm³/mol. The van der Waals surface area contributed by atoms with E-state index in [0.29, 0.717) is 11.1 Å². The van der Waals surface area contributed by atoms with Crippen LogP contribution in [0.3, 0.4) is 0 Å². The van der Waals surface area contributed by atoms with E-state index in [4.69, 9.17) is 0 Å². The Labute approximate surface area is 192 Å². The largest absolute Gasteiger partial charge is 0.357 e. The number of fused-ring (bicyclic) bond motifs is 1. The van der Waals surface area contributed by atoms with Crippen molar-refractivity contribution in [2.24, 2.45) is 0 Å². The summed E-state index contributed by atoms with van der Waals surface area (Å²) < 4.78 is 40.8. The van der Waals surface area contributed by atoms with Gasteiger partial charge < -0.3 is 10.2 Å². The molecule has 3 rings (SSSR count). The summed E-state index contributed by atoms with van der Waals surface area (Å²) >= 11 is 0. The van der Waals surface area contributed by atoms with Gasteiger partial charge in [-0.25, -0.2) is 12.8 Å². The monoisotopic (exact) mass is 471 g/mol. The number of nitrogens with zero attached hydrogens (tertiary/aromatic N) is 2. The van der Waals surface area contributed by atoms with Gasteiger partial charge in [-0.1, -0.05) is 54.6 Å². The third-order valence-electron chi connectivity index (χ3n) is 5.43. The molecule has 3 aromatic rings. The standard InChI is InChI=1S/C24H26FN3O4S/c1-17(24(30)26-2)27(15-19-10-5-7-13-21(19)25)23(29)16-28(33(3,31)32)22-14-8-11-18-9-4-6-12-20(18)22/h4-14,17H,15-16H2,1-3H3,(H,26,30)/t17-/m0/s1. The minimum atomic E-state index is -3.86.